The van der Waals surface area contributed by atoms with E-state index in [1.807, 2.05) is 6.92 Å². The molecule has 0 fully saturated rings. The molecule has 2 aromatic carbocycles. The summed E-state index contributed by atoms with van der Waals surface area (Å²) in [7, 11) is 0. The Hall–Kier alpha value is -3.70. The molecule has 2 aromatic rings. The van der Waals surface area contributed by atoms with E-state index in [1.165, 1.54) is 0 Å². The van der Waals surface area contributed by atoms with Crippen molar-refractivity contribution in [2.75, 3.05) is 13.2 Å². The minimum absolute atomic E-state index is 0.0603. The maximum atomic E-state index is 12.2. The Kier molecular flexibility index (Phi) is 13.9. The molecule has 0 spiro atoms. The number of ether oxygens (including phenoxy) is 6. The highest BCUT2D eigenvalue weighted by Crippen LogP contribution is 2.42. The second-order valence-corrected chi connectivity index (χ2v) is 10.4. The number of aliphatic hydroxyl groups is 2. The lowest BCUT2D eigenvalue weighted by Crippen LogP contribution is -2.23. The first-order chi connectivity index (χ1) is 20.2. The van der Waals surface area contributed by atoms with Crippen LogP contribution < -0.4 is 18.9 Å². The van der Waals surface area contributed by atoms with Gasteiger partial charge >= 0.3 is 11.9 Å². The van der Waals surface area contributed by atoms with Gasteiger partial charge in [-0.25, -0.2) is 9.59 Å². The quantitative estimate of drug-likeness (QED) is 0.105. The summed E-state index contributed by atoms with van der Waals surface area (Å²) in [5, 5.41) is 19.3. The van der Waals surface area contributed by atoms with Crippen LogP contribution in [0.3, 0.4) is 0 Å². The number of carbonyl (C=O) groups is 2. The van der Waals surface area contributed by atoms with Gasteiger partial charge in [-0.2, -0.15) is 0 Å². The van der Waals surface area contributed by atoms with E-state index in [0.717, 1.165) is 11.1 Å². The third-order valence-electron chi connectivity index (χ3n) is 5.98. The molecule has 0 amide bonds. The van der Waals surface area contributed by atoms with Crippen LogP contribution >= 0.6 is 0 Å². The maximum Gasteiger partial charge on any atom is 0.338 e. The topological polar surface area (TPSA) is 130 Å². The molecule has 0 saturated heterocycles. The van der Waals surface area contributed by atoms with Crippen molar-refractivity contribution in [1.29, 1.82) is 0 Å². The fraction of sp³-hybridized carbons (Fsp3) is 0.455. The average Bonchev–Trinajstić information content (AvgIpc) is 2.93. The number of hydrogen-bond donors (Lipinski definition) is 2. The Morgan fingerprint density at radius 3 is 1.40 bits per heavy atom. The van der Waals surface area contributed by atoms with Crippen LogP contribution in [0, 0.1) is 0 Å². The molecule has 0 aliphatic heterocycles. The highest BCUT2D eigenvalue weighted by molar-refractivity contribution is 5.89. The molecular weight excluding hydrogens is 556 g/mol. The van der Waals surface area contributed by atoms with Gasteiger partial charge in [0, 0.05) is 40.3 Å². The molecule has 0 saturated carbocycles. The zero-order chi connectivity index (χ0) is 32.3. The van der Waals surface area contributed by atoms with Crippen LogP contribution in [-0.2, 0) is 19.1 Å². The van der Waals surface area contributed by atoms with E-state index in [2.05, 4.69) is 13.2 Å². The van der Waals surface area contributed by atoms with Crippen molar-refractivity contribution >= 4 is 11.9 Å². The predicted octanol–water partition coefficient (Wildman–Crippen LogP) is 5.44. The van der Waals surface area contributed by atoms with Crippen molar-refractivity contribution in [2.24, 2.45) is 0 Å². The molecule has 10 heteroatoms. The summed E-state index contributed by atoms with van der Waals surface area (Å²) in [6.45, 7) is 19.1. The lowest BCUT2D eigenvalue weighted by atomic mass is 9.87. The van der Waals surface area contributed by atoms with Crippen LogP contribution in [0.4, 0.5) is 0 Å². The van der Waals surface area contributed by atoms with E-state index >= 15 is 0 Å². The van der Waals surface area contributed by atoms with Crippen LogP contribution in [0.25, 0.3) is 0 Å². The van der Waals surface area contributed by atoms with Crippen molar-refractivity contribution in [2.45, 2.75) is 85.6 Å². The molecule has 0 bridgehead atoms. The van der Waals surface area contributed by atoms with Crippen molar-refractivity contribution in [3.8, 4) is 23.0 Å². The molecule has 0 heterocycles. The van der Waals surface area contributed by atoms with E-state index < -0.39 is 36.7 Å². The first-order valence-corrected chi connectivity index (χ1v) is 14.2. The SMILES string of the molecule is C=C(C)C(=O)Oc1ccc(C(CC)c2ccc(OC(=O)C(=C)C)cc2OC(C)OCC(C)O)c(OC(C)OCC(C)O)c1. The zero-order valence-corrected chi connectivity index (χ0v) is 26.0. The number of benzene rings is 2. The first kappa shape index (κ1) is 35.5. The van der Waals surface area contributed by atoms with Gasteiger partial charge in [-0.15, -0.1) is 0 Å². The molecular formula is C33H44O10. The molecule has 0 radical (unpaired) electrons. The van der Waals surface area contributed by atoms with Gasteiger partial charge in [0.05, 0.1) is 25.4 Å². The molecule has 2 N–H and O–H groups in total. The van der Waals surface area contributed by atoms with E-state index in [4.69, 9.17) is 28.4 Å². The van der Waals surface area contributed by atoms with Crippen molar-refractivity contribution in [3.05, 3.63) is 71.8 Å². The third kappa shape index (κ3) is 11.5. The Morgan fingerprint density at radius 1 is 0.721 bits per heavy atom. The second kappa shape index (κ2) is 16.8. The average molecular weight is 601 g/mol. The van der Waals surface area contributed by atoms with Gasteiger partial charge < -0.3 is 38.6 Å². The monoisotopic (exact) mass is 600 g/mol. The normalized spacial score (nSPS) is 14.5. The van der Waals surface area contributed by atoms with Gasteiger partial charge in [-0.3, -0.25) is 0 Å². The molecule has 2 rings (SSSR count). The van der Waals surface area contributed by atoms with Gasteiger partial charge in [0.25, 0.3) is 0 Å². The Bertz CT molecular complexity index is 1170. The van der Waals surface area contributed by atoms with Crippen molar-refractivity contribution in [3.63, 3.8) is 0 Å². The lowest BCUT2D eigenvalue weighted by Gasteiger charge is -2.26. The third-order valence-corrected chi connectivity index (χ3v) is 5.98. The fourth-order valence-corrected chi connectivity index (χ4v) is 3.91. The summed E-state index contributed by atoms with van der Waals surface area (Å²) in [5.41, 5.74) is 1.96. The molecule has 4 unspecified atom stereocenters. The van der Waals surface area contributed by atoms with Gasteiger partial charge in [-0.05, 0) is 60.1 Å². The zero-order valence-electron chi connectivity index (χ0n) is 26.0. The summed E-state index contributed by atoms with van der Waals surface area (Å²) in [6, 6.07) is 10.1. The van der Waals surface area contributed by atoms with Crippen LogP contribution in [0.15, 0.2) is 60.7 Å². The van der Waals surface area contributed by atoms with Gasteiger partial charge in [0.15, 0.2) is 12.6 Å². The lowest BCUT2D eigenvalue weighted by molar-refractivity contribution is -0.131. The van der Waals surface area contributed by atoms with Crippen LogP contribution in [-0.4, -0.2) is 60.2 Å². The molecule has 236 valence electrons. The summed E-state index contributed by atoms with van der Waals surface area (Å²) < 4.78 is 34.4. The van der Waals surface area contributed by atoms with Gasteiger partial charge in [-0.1, -0.05) is 32.2 Å². The number of esters is 2. The number of rotatable bonds is 17. The predicted molar refractivity (Wildman–Crippen MR) is 161 cm³/mol. The summed E-state index contributed by atoms with van der Waals surface area (Å²) in [4.78, 5) is 24.4. The standard InChI is InChI=1S/C33H44O10/c1-10-27(28-13-11-25(42-32(36)19(2)3)15-30(28)40-23(8)38-17-21(6)34)29-14-12-26(43-33(37)20(4)5)16-31(29)41-24(9)39-18-22(7)35/h11-16,21-24,27,34-35H,2,4,10,17-18H2,1,3,5-9H3. The van der Waals surface area contributed by atoms with Crippen molar-refractivity contribution in [1.82, 2.24) is 0 Å². The highest BCUT2D eigenvalue weighted by atomic mass is 16.7. The first-order valence-electron chi connectivity index (χ1n) is 14.2. The second-order valence-electron chi connectivity index (χ2n) is 10.4. The number of hydrogen-bond acceptors (Lipinski definition) is 10. The molecule has 0 aliphatic carbocycles. The Labute approximate surface area is 253 Å². The van der Waals surface area contributed by atoms with E-state index in [1.54, 1.807) is 77.9 Å². The number of aliphatic hydroxyl groups excluding tert-OH is 2. The molecule has 43 heavy (non-hydrogen) atoms. The van der Waals surface area contributed by atoms with E-state index in [-0.39, 0.29) is 41.8 Å². The smallest absolute Gasteiger partial charge is 0.338 e. The Morgan fingerprint density at radius 2 is 1.09 bits per heavy atom. The van der Waals surface area contributed by atoms with E-state index in [9.17, 15) is 19.8 Å². The number of carbonyl (C=O) groups excluding carboxylic acids is 2. The van der Waals surface area contributed by atoms with Gasteiger partial charge in [0.1, 0.15) is 23.0 Å². The Balaban J connectivity index is 2.59. The minimum atomic E-state index is -0.744. The molecule has 4 atom stereocenters. The maximum absolute atomic E-state index is 12.2. The van der Waals surface area contributed by atoms with Crippen LogP contribution in [0.2, 0.25) is 0 Å². The fourth-order valence-electron chi connectivity index (χ4n) is 3.91. The molecule has 0 aromatic heterocycles. The molecule has 10 nitrogen and oxygen atoms in total. The highest BCUT2D eigenvalue weighted by Gasteiger charge is 2.25. The van der Waals surface area contributed by atoms with Crippen LogP contribution in [0.1, 0.15) is 71.9 Å². The van der Waals surface area contributed by atoms with E-state index in [0.29, 0.717) is 17.9 Å². The summed E-state index contributed by atoms with van der Waals surface area (Å²) >= 11 is 0. The minimum Gasteiger partial charge on any atom is -0.465 e. The molecule has 0 aliphatic rings. The largest absolute Gasteiger partial charge is 0.465 e. The van der Waals surface area contributed by atoms with Gasteiger partial charge in [0.2, 0.25) is 0 Å². The summed E-state index contributed by atoms with van der Waals surface area (Å²) in [6.07, 6.45) is -2.27. The summed E-state index contributed by atoms with van der Waals surface area (Å²) in [5.74, 6) is -0.184. The van der Waals surface area contributed by atoms with Crippen LogP contribution in [0.5, 0.6) is 23.0 Å². The van der Waals surface area contributed by atoms with Crippen molar-refractivity contribution < 1.29 is 48.2 Å².